The molecule has 0 radical (unpaired) electrons. The summed E-state index contributed by atoms with van der Waals surface area (Å²) in [4.78, 5) is 22.8. The molecule has 35 heavy (non-hydrogen) atoms. The van der Waals surface area contributed by atoms with Crippen LogP contribution in [0.5, 0.6) is 5.75 Å². The van der Waals surface area contributed by atoms with Gasteiger partial charge in [0.25, 0.3) is 0 Å². The summed E-state index contributed by atoms with van der Waals surface area (Å²) in [6, 6.07) is 10.7. The van der Waals surface area contributed by atoms with Crippen molar-refractivity contribution in [2.75, 3.05) is 11.4 Å². The zero-order valence-electron chi connectivity index (χ0n) is 20.4. The normalized spacial score (nSPS) is 11.4. The molecule has 2 aromatic carbocycles. The Morgan fingerprint density at radius 3 is 2.31 bits per heavy atom. The lowest BCUT2D eigenvalue weighted by Gasteiger charge is -2.26. The third-order valence-corrected chi connectivity index (χ3v) is 5.63. The molecule has 0 saturated heterocycles. The fraction of sp³-hybridized carbons (Fsp3) is 0.370. The lowest BCUT2D eigenvalue weighted by atomic mass is 10.0. The number of esters is 1. The average molecular weight is 486 g/mol. The summed E-state index contributed by atoms with van der Waals surface area (Å²) in [5, 5.41) is 0. The first-order valence-electron chi connectivity index (χ1n) is 11.7. The Balaban J connectivity index is 1.87. The quantitative estimate of drug-likeness (QED) is 0.244. The van der Waals surface area contributed by atoms with Crippen LogP contribution in [0.1, 0.15) is 55.4 Å². The van der Waals surface area contributed by atoms with E-state index in [0.717, 1.165) is 54.0 Å². The lowest BCUT2D eigenvalue weighted by Crippen LogP contribution is -2.25. The molecule has 186 valence electrons. The van der Waals surface area contributed by atoms with Gasteiger partial charge in [0.15, 0.2) is 0 Å². The zero-order valence-corrected chi connectivity index (χ0v) is 20.4. The molecule has 0 aliphatic heterocycles. The van der Waals surface area contributed by atoms with Crippen molar-refractivity contribution in [3.05, 3.63) is 71.0 Å². The number of benzene rings is 2. The number of hydrogen-bond donors (Lipinski definition) is 0. The maximum absolute atomic E-state index is 13.0. The minimum absolute atomic E-state index is 0.247. The van der Waals surface area contributed by atoms with Crippen molar-refractivity contribution in [2.45, 2.75) is 59.7 Å². The number of anilines is 1. The van der Waals surface area contributed by atoms with E-state index < -0.39 is 11.7 Å². The van der Waals surface area contributed by atoms with Crippen LogP contribution in [0.25, 0.3) is 11.3 Å². The SMILES string of the molecule is CCCC(=O)Oc1ccc(CN(CCC)c2ncnc(-c3ccc(C(F)(F)F)cc3)c2C)cc1C. The number of aryl methyl sites for hydroxylation is 1. The first-order chi connectivity index (χ1) is 16.6. The Kier molecular flexibility index (Phi) is 8.48. The summed E-state index contributed by atoms with van der Waals surface area (Å²) in [7, 11) is 0. The number of nitrogens with zero attached hydrogens (tertiary/aromatic N) is 3. The molecular formula is C27H30F3N3O2. The van der Waals surface area contributed by atoms with E-state index in [4.69, 9.17) is 4.74 Å². The van der Waals surface area contributed by atoms with Gasteiger partial charge in [-0.05, 0) is 56.0 Å². The van der Waals surface area contributed by atoms with Crippen LogP contribution >= 0.6 is 0 Å². The minimum Gasteiger partial charge on any atom is -0.426 e. The monoisotopic (exact) mass is 485 g/mol. The van der Waals surface area contributed by atoms with E-state index in [2.05, 4.69) is 21.8 Å². The molecule has 0 atom stereocenters. The largest absolute Gasteiger partial charge is 0.426 e. The highest BCUT2D eigenvalue weighted by Crippen LogP contribution is 2.33. The predicted molar refractivity (Wildman–Crippen MR) is 130 cm³/mol. The van der Waals surface area contributed by atoms with Crippen molar-refractivity contribution in [1.82, 2.24) is 9.97 Å². The van der Waals surface area contributed by atoms with Crippen molar-refractivity contribution in [3.63, 3.8) is 0 Å². The van der Waals surface area contributed by atoms with Crippen LogP contribution < -0.4 is 9.64 Å². The van der Waals surface area contributed by atoms with Crippen LogP contribution in [-0.4, -0.2) is 22.5 Å². The van der Waals surface area contributed by atoms with E-state index in [9.17, 15) is 18.0 Å². The van der Waals surface area contributed by atoms with E-state index in [1.54, 1.807) is 0 Å². The second kappa shape index (κ2) is 11.3. The van der Waals surface area contributed by atoms with Crippen molar-refractivity contribution in [1.29, 1.82) is 0 Å². The van der Waals surface area contributed by atoms with E-state index in [-0.39, 0.29) is 5.97 Å². The third-order valence-electron chi connectivity index (χ3n) is 5.63. The smallest absolute Gasteiger partial charge is 0.416 e. The molecule has 3 rings (SSSR count). The maximum Gasteiger partial charge on any atom is 0.416 e. The second-order valence-corrected chi connectivity index (χ2v) is 8.49. The fourth-order valence-electron chi connectivity index (χ4n) is 3.92. The van der Waals surface area contributed by atoms with Crippen molar-refractivity contribution < 1.29 is 22.7 Å². The van der Waals surface area contributed by atoms with Crippen LogP contribution in [0.3, 0.4) is 0 Å². The van der Waals surface area contributed by atoms with E-state index in [1.807, 2.05) is 39.0 Å². The van der Waals surface area contributed by atoms with Gasteiger partial charge in [0, 0.05) is 30.6 Å². The van der Waals surface area contributed by atoms with Gasteiger partial charge < -0.3 is 9.64 Å². The van der Waals surface area contributed by atoms with Crippen LogP contribution in [0.2, 0.25) is 0 Å². The first kappa shape index (κ1) is 26.2. The number of alkyl halides is 3. The zero-order chi connectivity index (χ0) is 25.6. The second-order valence-electron chi connectivity index (χ2n) is 8.49. The molecule has 0 spiro atoms. The van der Waals surface area contributed by atoms with Crippen molar-refractivity contribution in [3.8, 4) is 17.0 Å². The first-order valence-corrected chi connectivity index (χ1v) is 11.7. The minimum atomic E-state index is -4.38. The Bertz CT molecular complexity index is 1160. The summed E-state index contributed by atoms with van der Waals surface area (Å²) in [6.07, 6.45) is -0.955. The molecule has 0 unspecified atom stereocenters. The molecule has 1 aromatic heterocycles. The topological polar surface area (TPSA) is 55.3 Å². The van der Waals surface area contributed by atoms with Gasteiger partial charge in [0.1, 0.15) is 17.9 Å². The Hall–Kier alpha value is -3.42. The van der Waals surface area contributed by atoms with Gasteiger partial charge >= 0.3 is 12.1 Å². The molecule has 0 saturated carbocycles. The van der Waals surface area contributed by atoms with Gasteiger partial charge in [-0.25, -0.2) is 9.97 Å². The van der Waals surface area contributed by atoms with Gasteiger partial charge in [-0.2, -0.15) is 13.2 Å². The molecule has 5 nitrogen and oxygen atoms in total. The van der Waals surface area contributed by atoms with E-state index in [1.165, 1.54) is 18.5 Å². The molecule has 0 fully saturated rings. The van der Waals surface area contributed by atoms with Gasteiger partial charge in [-0.3, -0.25) is 4.79 Å². The highest BCUT2D eigenvalue weighted by molar-refractivity contribution is 5.72. The highest BCUT2D eigenvalue weighted by atomic mass is 19.4. The summed E-state index contributed by atoms with van der Waals surface area (Å²) in [5.41, 5.74) is 3.19. The third kappa shape index (κ3) is 6.59. The van der Waals surface area contributed by atoms with Crippen molar-refractivity contribution >= 4 is 11.8 Å². The van der Waals surface area contributed by atoms with E-state index in [0.29, 0.717) is 30.0 Å². The summed E-state index contributed by atoms with van der Waals surface area (Å²) in [6.45, 7) is 9.09. The molecule has 0 amide bonds. The fourth-order valence-corrected chi connectivity index (χ4v) is 3.92. The maximum atomic E-state index is 13.0. The van der Waals surface area contributed by atoms with Crippen LogP contribution in [0, 0.1) is 13.8 Å². The molecular weight excluding hydrogens is 455 g/mol. The molecule has 1 heterocycles. The van der Waals surface area contributed by atoms with E-state index >= 15 is 0 Å². The molecule has 0 aliphatic carbocycles. The number of hydrogen-bond acceptors (Lipinski definition) is 5. The summed E-state index contributed by atoms with van der Waals surface area (Å²) in [5.74, 6) is 1.04. The van der Waals surface area contributed by atoms with Gasteiger partial charge in [-0.15, -0.1) is 0 Å². The standard InChI is InChI=1S/C27H30F3N3O2/c1-5-7-24(34)35-23-13-8-20(15-18(23)3)16-33(14-6-2)26-19(4)25(31-17-32-26)21-9-11-22(12-10-21)27(28,29)30/h8-13,15,17H,5-7,14,16H2,1-4H3. The van der Waals surface area contributed by atoms with Crippen molar-refractivity contribution in [2.24, 2.45) is 0 Å². The Morgan fingerprint density at radius 1 is 1.00 bits per heavy atom. The number of ether oxygens (including phenoxy) is 1. The number of carbonyl (C=O) groups excluding carboxylic acids is 1. The number of rotatable bonds is 9. The van der Waals surface area contributed by atoms with Gasteiger partial charge in [0.05, 0.1) is 11.3 Å². The van der Waals surface area contributed by atoms with Crippen LogP contribution in [0.15, 0.2) is 48.8 Å². The lowest BCUT2D eigenvalue weighted by molar-refractivity contribution is -0.137. The van der Waals surface area contributed by atoms with Gasteiger partial charge in [0.2, 0.25) is 0 Å². The Labute approximate surface area is 204 Å². The number of carbonyl (C=O) groups is 1. The molecule has 8 heteroatoms. The number of halogens is 3. The molecule has 0 N–H and O–H groups in total. The molecule has 0 aliphatic rings. The average Bonchev–Trinajstić information content (AvgIpc) is 2.80. The van der Waals surface area contributed by atoms with Crippen LogP contribution in [0.4, 0.5) is 19.0 Å². The Morgan fingerprint density at radius 2 is 1.71 bits per heavy atom. The number of aromatic nitrogens is 2. The highest BCUT2D eigenvalue weighted by Gasteiger charge is 2.30. The van der Waals surface area contributed by atoms with Crippen LogP contribution in [-0.2, 0) is 17.5 Å². The summed E-state index contributed by atoms with van der Waals surface area (Å²) < 4.78 is 44.3. The van der Waals surface area contributed by atoms with Gasteiger partial charge in [-0.1, -0.05) is 38.1 Å². The predicted octanol–water partition coefficient (Wildman–Crippen LogP) is 6.90. The molecule has 3 aromatic rings. The molecule has 0 bridgehead atoms. The summed E-state index contributed by atoms with van der Waals surface area (Å²) >= 11 is 0.